The molecule has 0 bridgehead atoms. The van der Waals surface area contributed by atoms with Crippen LogP contribution in [-0.2, 0) is 6.42 Å². The third-order valence-electron chi connectivity index (χ3n) is 7.01. The minimum atomic E-state index is -2.37. The third kappa shape index (κ3) is 8.55. The Hall–Kier alpha value is -3.54. The first-order valence-electron chi connectivity index (χ1n) is 14.4. The lowest BCUT2D eigenvalue weighted by atomic mass is 9.97. The van der Waals surface area contributed by atoms with Crippen LogP contribution in [0.15, 0.2) is 66.7 Å². The van der Waals surface area contributed by atoms with Crippen molar-refractivity contribution in [1.82, 2.24) is 0 Å². The number of unbranched alkanes of at least 4 members (excludes halogenated alkanes) is 1. The van der Waals surface area contributed by atoms with Gasteiger partial charge < -0.3 is 37.4 Å². The molecule has 0 spiro atoms. The van der Waals surface area contributed by atoms with Gasteiger partial charge in [0.25, 0.3) is 0 Å². The molecule has 0 heterocycles. The van der Waals surface area contributed by atoms with Crippen LogP contribution in [0.25, 0.3) is 11.1 Å². The Labute approximate surface area is 262 Å². The zero-order valence-corrected chi connectivity index (χ0v) is 28.0. The molecule has 0 radical (unpaired) electrons. The molecular formula is C34H40O8P2. The second-order valence-corrected chi connectivity index (χ2v) is 12.2. The summed E-state index contributed by atoms with van der Waals surface area (Å²) in [6.07, 6.45) is 2.51. The Balaban J connectivity index is 1.76. The summed E-state index contributed by atoms with van der Waals surface area (Å²) >= 11 is 0. The Kier molecular flexibility index (Phi) is 11.7. The summed E-state index contributed by atoms with van der Waals surface area (Å²) in [5.41, 5.74) is 5.91. The second-order valence-electron chi connectivity index (χ2n) is 10.5. The van der Waals surface area contributed by atoms with E-state index in [1.807, 2.05) is 70.2 Å². The first-order valence-corrected chi connectivity index (χ1v) is 16.6. The highest BCUT2D eigenvalue weighted by atomic mass is 31.2. The molecule has 0 aliphatic heterocycles. The van der Waals surface area contributed by atoms with Crippen molar-refractivity contribution in [3.8, 4) is 45.6 Å². The Bertz CT molecular complexity index is 1580. The molecule has 2 unspecified atom stereocenters. The average molecular weight is 639 g/mol. The number of rotatable bonds is 14. The lowest BCUT2D eigenvalue weighted by Gasteiger charge is -2.22. The van der Waals surface area contributed by atoms with E-state index in [-0.39, 0.29) is 0 Å². The van der Waals surface area contributed by atoms with E-state index in [2.05, 4.69) is 6.92 Å². The van der Waals surface area contributed by atoms with Gasteiger partial charge in [-0.2, -0.15) is 0 Å². The number of benzene rings is 4. The van der Waals surface area contributed by atoms with Gasteiger partial charge in [-0.1, -0.05) is 48.7 Å². The van der Waals surface area contributed by atoms with Crippen LogP contribution in [0.2, 0.25) is 0 Å². The fraction of sp³-hybridized carbons (Fsp3) is 0.294. The fourth-order valence-corrected chi connectivity index (χ4v) is 6.26. The van der Waals surface area contributed by atoms with E-state index in [4.69, 9.17) is 27.6 Å². The minimum Gasteiger partial charge on any atom is -0.497 e. The number of hydrogen-bond donors (Lipinski definition) is 2. The highest BCUT2D eigenvalue weighted by molar-refractivity contribution is 7.41. The highest BCUT2D eigenvalue weighted by Gasteiger charge is 2.25. The first kappa shape index (κ1) is 33.4. The molecule has 0 aliphatic rings. The predicted octanol–water partition coefficient (Wildman–Crippen LogP) is 9.30. The largest absolute Gasteiger partial charge is 0.497 e. The normalized spacial score (nSPS) is 12.3. The molecule has 4 aromatic carbocycles. The lowest BCUT2D eigenvalue weighted by Crippen LogP contribution is -2.03. The number of methoxy groups -OCH3 is 2. The maximum atomic E-state index is 11.1. The standard InChI is InChI=1S/C34H40O8P2/c1-8-9-10-26-19-28(38-7)21-30(34(26)42-44(36)40-32-15-12-23(3)18-25(32)5)29-20-27(37-6)13-16-33(29)41-43(35)39-31-14-11-22(2)17-24(31)4/h11-21,35-36H,8-10H2,1-7H3. The Morgan fingerprint density at radius 2 is 1.11 bits per heavy atom. The van der Waals surface area contributed by atoms with Gasteiger partial charge >= 0.3 is 17.2 Å². The van der Waals surface area contributed by atoms with Crippen molar-refractivity contribution in [3.63, 3.8) is 0 Å². The van der Waals surface area contributed by atoms with Crippen LogP contribution in [0, 0.1) is 27.7 Å². The smallest absolute Gasteiger partial charge is 0.460 e. The number of hydrogen-bond acceptors (Lipinski definition) is 8. The molecule has 0 fully saturated rings. The molecule has 10 heteroatoms. The zero-order valence-electron chi connectivity index (χ0n) is 26.2. The maximum Gasteiger partial charge on any atom is 0.460 e. The van der Waals surface area contributed by atoms with Gasteiger partial charge in [0.2, 0.25) is 0 Å². The van der Waals surface area contributed by atoms with E-state index < -0.39 is 17.2 Å². The van der Waals surface area contributed by atoms with Gasteiger partial charge in [-0.3, -0.25) is 0 Å². The molecule has 0 aliphatic carbocycles. The summed E-state index contributed by atoms with van der Waals surface area (Å²) in [5.74, 6) is 2.99. The predicted molar refractivity (Wildman–Crippen MR) is 176 cm³/mol. The van der Waals surface area contributed by atoms with Crippen molar-refractivity contribution in [2.24, 2.45) is 0 Å². The fourth-order valence-electron chi connectivity index (χ4n) is 4.74. The molecular weight excluding hydrogens is 598 g/mol. The van der Waals surface area contributed by atoms with Crippen LogP contribution in [0.1, 0.15) is 47.6 Å². The monoisotopic (exact) mass is 638 g/mol. The maximum absolute atomic E-state index is 11.1. The van der Waals surface area contributed by atoms with Gasteiger partial charge in [-0.15, -0.1) is 0 Å². The van der Waals surface area contributed by atoms with Crippen LogP contribution in [0.3, 0.4) is 0 Å². The Morgan fingerprint density at radius 1 is 0.591 bits per heavy atom. The minimum absolute atomic E-state index is 0.335. The van der Waals surface area contributed by atoms with Gasteiger partial charge in [-0.05, 0) is 99.7 Å². The molecule has 0 aromatic heterocycles. The van der Waals surface area contributed by atoms with E-state index in [1.165, 1.54) is 0 Å². The third-order valence-corrected chi connectivity index (χ3v) is 8.41. The molecule has 44 heavy (non-hydrogen) atoms. The summed E-state index contributed by atoms with van der Waals surface area (Å²) in [4.78, 5) is 22.0. The van der Waals surface area contributed by atoms with Gasteiger partial charge in [0.15, 0.2) is 0 Å². The summed E-state index contributed by atoms with van der Waals surface area (Å²) in [6, 6.07) is 20.3. The van der Waals surface area contributed by atoms with Crippen LogP contribution in [0.5, 0.6) is 34.5 Å². The number of ether oxygens (including phenoxy) is 2. The summed E-state index contributed by atoms with van der Waals surface area (Å²) in [6.45, 7) is 9.93. The lowest BCUT2D eigenvalue weighted by molar-refractivity contribution is 0.375. The van der Waals surface area contributed by atoms with E-state index >= 15 is 0 Å². The van der Waals surface area contributed by atoms with Crippen LogP contribution in [0.4, 0.5) is 0 Å². The van der Waals surface area contributed by atoms with E-state index in [9.17, 15) is 9.79 Å². The highest BCUT2D eigenvalue weighted by Crippen LogP contribution is 2.50. The molecule has 4 aromatic rings. The van der Waals surface area contributed by atoms with Crippen molar-refractivity contribution in [2.45, 2.75) is 53.9 Å². The topological polar surface area (TPSA) is 95.8 Å². The number of aryl methyl sites for hydroxylation is 5. The molecule has 8 nitrogen and oxygen atoms in total. The van der Waals surface area contributed by atoms with Crippen LogP contribution < -0.4 is 27.6 Å². The molecule has 234 valence electrons. The van der Waals surface area contributed by atoms with E-state index in [0.29, 0.717) is 52.0 Å². The van der Waals surface area contributed by atoms with Crippen LogP contribution in [-0.4, -0.2) is 24.0 Å². The van der Waals surface area contributed by atoms with Gasteiger partial charge in [0, 0.05) is 11.1 Å². The van der Waals surface area contributed by atoms with Gasteiger partial charge in [-0.25, -0.2) is 0 Å². The van der Waals surface area contributed by atoms with Gasteiger partial charge in [0.05, 0.1) is 14.2 Å². The Morgan fingerprint density at radius 3 is 1.66 bits per heavy atom. The van der Waals surface area contributed by atoms with E-state index in [0.717, 1.165) is 40.7 Å². The van der Waals surface area contributed by atoms with Crippen molar-refractivity contribution >= 4 is 17.2 Å². The molecule has 0 amide bonds. The molecule has 2 N–H and O–H groups in total. The summed E-state index contributed by atoms with van der Waals surface area (Å²) in [7, 11) is -1.56. The van der Waals surface area contributed by atoms with Crippen molar-refractivity contribution in [1.29, 1.82) is 0 Å². The average Bonchev–Trinajstić information content (AvgIpc) is 2.99. The zero-order chi connectivity index (χ0) is 31.8. The van der Waals surface area contributed by atoms with E-state index in [1.54, 1.807) is 38.5 Å². The summed E-state index contributed by atoms with van der Waals surface area (Å²) in [5, 5.41) is 0. The molecule has 4 rings (SSSR count). The molecule has 2 atom stereocenters. The van der Waals surface area contributed by atoms with Crippen molar-refractivity contribution in [3.05, 3.63) is 94.5 Å². The first-order chi connectivity index (χ1) is 21.1. The van der Waals surface area contributed by atoms with Crippen molar-refractivity contribution < 1.29 is 37.4 Å². The molecule has 0 saturated carbocycles. The van der Waals surface area contributed by atoms with Crippen LogP contribution >= 0.6 is 17.2 Å². The van der Waals surface area contributed by atoms with Crippen molar-refractivity contribution in [2.75, 3.05) is 14.2 Å². The molecule has 0 saturated heterocycles. The second kappa shape index (κ2) is 15.5. The quantitative estimate of drug-likeness (QED) is 0.132. The summed E-state index contributed by atoms with van der Waals surface area (Å²) < 4.78 is 35.2. The SMILES string of the molecule is CCCCc1cc(OC)cc(-c2cc(OC)ccc2OP(O)Oc2ccc(C)cc2C)c1OP(O)Oc1ccc(C)cc1C. The van der Waals surface area contributed by atoms with Gasteiger partial charge in [0.1, 0.15) is 34.5 Å².